The van der Waals surface area contributed by atoms with Gasteiger partial charge in [0.1, 0.15) is 17.5 Å². The fraction of sp³-hybridized carbons (Fsp3) is 0.692. The van der Waals surface area contributed by atoms with Crippen molar-refractivity contribution in [2.75, 3.05) is 36.5 Å². The highest BCUT2D eigenvalue weighted by molar-refractivity contribution is 5.50. The van der Waals surface area contributed by atoms with E-state index in [-0.39, 0.29) is 6.61 Å². The van der Waals surface area contributed by atoms with Crippen LogP contribution < -0.4 is 10.2 Å². The van der Waals surface area contributed by atoms with Gasteiger partial charge in [0.15, 0.2) is 0 Å². The van der Waals surface area contributed by atoms with E-state index in [2.05, 4.69) is 34.0 Å². The molecule has 0 amide bonds. The SMILES string of the molecule is CCNc1cc(N2CCC(CO)C2)nc(CC)n1. The number of nitrogens with zero attached hydrogens (tertiary/aromatic N) is 3. The Bertz CT molecular complexity index is 397. The van der Waals surface area contributed by atoms with Gasteiger partial charge in [-0.15, -0.1) is 0 Å². The molecule has 0 saturated carbocycles. The van der Waals surface area contributed by atoms with Crippen LogP contribution in [-0.4, -0.2) is 41.3 Å². The maximum Gasteiger partial charge on any atom is 0.134 e. The molecule has 100 valence electrons. The zero-order valence-corrected chi connectivity index (χ0v) is 11.2. The van der Waals surface area contributed by atoms with Crippen LogP contribution in [0.2, 0.25) is 0 Å². The van der Waals surface area contributed by atoms with Crippen LogP contribution in [0.25, 0.3) is 0 Å². The number of aryl methyl sites for hydroxylation is 1. The predicted molar refractivity (Wildman–Crippen MR) is 73.0 cm³/mol. The Hall–Kier alpha value is -1.36. The van der Waals surface area contributed by atoms with Crippen LogP contribution in [0.5, 0.6) is 0 Å². The number of anilines is 2. The summed E-state index contributed by atoms with van der Waals surface area (Å²) in [7, 11) is 0. The number of nitrogens with one attached hydrogen (secondary N) is 1. The number of aromatic nitrogens is 2. The molecule has 1 atom stereocenters. The van der Waals surface area contributed by atoms with Crippen LogP contribution >= 0.6 is 0 Å². The lowest BCUT2D eigenvalue weighted by atomic mass is 10.1. The highest BCUT2D eigenvalue weighted by atomic mass is 16.3. The Balaban J connectivity index is 2.18. The first kappa shape index (κ1) is 13.1. The second-order valence-electron chi connectivity index (χ2n) is 4.69. The Labute approximate surface area is 108 Å². The molecule has 0 aliphatic carbocycles. The molecule has 0 bridgehead atoms. The summed E-state index contributed by atoms with van der Waals surface area (Å²) in [6, 6.07) is 2.00. The molecule has 1 fully saturated rings. The molecule has 2 N–H and O–H groups in total. The Morgan fingerprint density at radius 1 is 1.44 bits per heavy atom. The first-order valence-corrected chi connectivity index (χ1v) is 6.74. The second kappa shape index (κ2) is 6.00. The number of aliphatic hydroxyl groups is 1. The van der Waals surface area contributed by atoms with Crippen LogP contribution in [0, 0.1) is 5.92 Å². The minimum Gasteiger partial charge on any atom is -0.396 e. The van der Waals surface area contributed by atoms with Gasteiger partial charge in [0.2, 0.25) is 0 Å². The molecule has 0 aromatic carbocycles. The highest BCUT2D eigenvalue weighted by Crippen LogP contribution is 2.23. The van der Waals surface area contributed by atoms with Crippen molar-refractivity contribution in [2.45, 2.75) is 26.7 Å². The molecule has 1 aromatic heterocycles. The minimum atomic E-state index is 0.266. The van der Waals surface area contributed by atoms with Gasteiger partial charge in [-0.3, -0.25) is 0 Å². The molecule has 1 saturated heterocycles. The monoisotopic (exact) mass is 250 g/mol. The van der Waals surface area contributed by atoms with E-state index in [1.807, 2.05) is 6.07 Å². The number of hydrogen-bond donors (Lipinski definition) is 2. The van der Waals surface area contributed by atoms with Crippen LogP contribution in [0.3, 0.4) is 0 Å². The van der Waals surface area contributed by atoms with Crippen molar-refractivity contribution in [3.05, 3.63) is 11.9 Å². The third-order valence-corrected chi connectivity index (χ3v) is 3.30. The molecule has 1 aliphatic rings. The largest absolute Gasteiger partial charge is 0.396 e. The molecule has 18 heavy (non-hydrogen) atoms. The standard InChI is InChI=1S/C13H22N4O/c1-3-11-15-12(14-4-2)7-13(16-11)17-6-5-10(8-17)9-18/h7,10,18H,3-6,8-9H2,1-2H3,(H,14,15,16). The minimum absolute atomic E-state index is 0.266. The van der Waals surface area contributed by atoms with Crippen LogP contribution in [-0.2, 0) is 6.42 Å². The first-order chi connectivity index (χ1) is 8.76. The summed E-state index contributed by atoms with van der Waals surface area (Å²) in [6.45, 7) is 7.11. The third kappa shape index (κ3) is 2.90. The molecule has 2 heterocycles. The fourth-order valence-electron chi connectivity index (χ4n) is 2.26. The highest BCUT2D eigenvalue weighted by Gasteiger charge is 2.23. The van der Waals surface area contributed by atoms with E-state index in [0.717, 1.165) is 49.9 Å². The van der Waals surface area contributed by atoms with Gasteiger partial charge in [0.05, 0.1) is 0 Å². The van der Waals surface area contributed by atoms with E-state index in [0.29, 0.717) is 5.92 Å². The maximum absolute atomic E-state index is 9.20. The molecular formula is C13H22N4O. The summed E-state index contributed by atoms with van der Waals surface area (Å²) >= 11 is 0. The molecule has 1 unspecified atom stereocenters. The first-order valence-electron chi connectivity index (χ1n) is 6.74. The van der Waals surface area contributed by atoms with Crippen LogP contribution in [0.1, 0.15) is 26.1 Å². The third-order valence-electron chi connectivity index (χ3n) is 3.30. The van der Waals surface area contributed by atoms with Crippen molar-refractivity contribution >= 4 is 11.6 Å². The predicted octanol–water partition coefficient (Wildman–Crippen LogP) is 1.29. The van der Waals surface area contributed by atoms with Crippen molar-refractivity contribution in [3.8, 4) is 0 Å². The molecule has 1 aromatic rings. The molecule has 0 radical (unpaired) electrons. The van der Waals surface area contributed by atoms with Crippen molar-refractivity contribution in [1.29, 1.82) is 0 Å². The van der Waals surface area contributed by atoms with E-state index in [9.17, 15) is 5.11 Å². The van der Waals surface area contributed by atoms with E-state index in [1.54, 1.807) is 0 Å². The summed E-state index contributed by atoms with van der Waals surface area (Å²) < 4.78 is 0. The Kier molecular flexibility index (Phi) is 4.36. The molecule has 5 nitrogen and oxygen atoms in total. The smallest absolute Gasteiger partial charge is 0.134 e. The number of hydrogen-bond acceptors (Lipinski definition) is 5. The summed E-state index contributed by atoms with van der Waals surface area (Å²) in [5.74, 6) is 3.13. The lowest BCUT2D eigenvalue weighted by molar-refractivity contribution is 0.238. The molecule has 1 aliphatic heterocycles. The van der Waals surface area contributed by atoms with E-state index in [1.165, 1.54) is 0 Å². The van der Waals surface area contributed by atoms with Gasteiger partial charge in [-0.05, 0) is 13.3 Å². The summed E-state index contributed by atoms with van der Waals surface area (Å²) in [5, 5.41) is 12.4. The molecule has 2 rings (SSSR count). The van der Waals surface area contributed by atoms with Gasteiger partial charge in [-0.2, -0.15) is 0 Å². The molecule has 0 spiro atoms. The zero-order valence-electron chi connectivity index (χ0n) is 11.2. The Morgan fingerprint density at radius 3 is 2.89 bits per heavy atom. The van der Waals surface area contributed by atoms with Gasteiger partial charge >= 0.3 is 0 Å². The normalized spacial score (nSPS) is 19.3. The molecule has 5 heteroatoms. The van der Waals surface area contributed by atoms with Gasteiger partial charge in [0.25, 0.3) is 0 Å². The van der Waals surface area contributed by atoms with Crippen molar-refractivity contribution in [2.24, 2.45) is 5.92 Å². The summed E-state index contributed by atoms with van der Waals surface area (Å²) in [6.07, 6.45) is 1.88. The zero-order chi connectivity index (χ0) is 13.0. The van der Waals surface area contributed by atoms with Gasteiger partial charge in [-0.25, -0.2) is 9.97 Å². The van der Waals surface area contributed by atoms with E-state index < -0.39 is 0 Å². The summed E-state index contributed by atoms with van der Waals surface area (Å²) in [4.78, 5) is 11.3. The van der Waals surface area contributed by atoms with Crippen molar-refractivity contribution in [1.82, 2.24) is 9.97 Å². The van der Waals surface area contributed by atoms with Crippen molar-refractivity contribution in [3.63, 3.8) is 0 Å². The average molecular weight is 250 g/mol. The lowest BCUT2D eigenvalue weighted by Crippen LogP contribution is -2.22. The Morgan fingerprint density at radius 2 is 2.28 bits per heavy atom. The summed E-state index contributed by atoms with van der Waals surface area (Å²) in [5.41, 5.74) is 0. The van der Waals surface area contributed by atoms with Crippen LogP contribution in [0.4, 0.5) is 11.6 Å². The van der Waals surface area contributed by atoms with Gasteiger partial charge < -0.3 is 15.3 Å². The van der Waals surface area contributed by atoms with E-state index in [4.69, 9.17) is 0 Å². The lowest BCUT2D eigenvalue weighted by Gasteiger charge is -2.18. The molecular weight excluding hydrogens is 228 g/mol. The maximum atomic E-state index is 9.20. The van der Waals surface area contributed by atoms with E-state index >= 15 is 0 Å². The fourth-order valence-corrected chi connectivity index (χ4v) is 2.26. The van der Waals surface area contributed by atoms with Crippen molar-refractivity contribution < 1.29 is 5.11 Å². The second-order valence-corrected chi connectivity index (χ2v) is 4.69. The topological polar surface area (TPSA) is 61.3 Å². The number of aliphatic hydroxyl groups excluding tert-OH is 1. The van der Waals surface area contributed by atoms with Crippen LogP contribution in [0.15, 0.2) is 6.07 Å². The quantitative estimate of drug-likeness (QED) is 0.824. The van der Waals surface area contributed by atoms with Gasteiger partial charge in [0, 0.05) is 44.6 Å². The van der Waals surface area contributed by atoms with Gasteiger partial charge in [-0.1, -0.05) is 6.92 Å². The number of rotatable bonds is 5. The average Bonchev–Trinajstić information content (AvgIpc) is 2.87.